The molecule has 0 aromatic heterocycles. The van der Waals surface area contributed by atoms with Gasteiger partial charge in [0.1, 0.15) is 0 Å². The molecular weight excluding hydrogens is 194 g/mol. The van der Waals surface area contributed by atoms with Gasteiger partial charge in [0.2, 0.25) is 0 Å². The summed E-state index contributed by atoms with van der Waals surface area (Å²) >= 11 is 5.12. The van der Waals surface area contributed by atoms with E-state index in [2.05, 4.69) is 43.5 Å². The second-order valence-corrected chi connectivity index (χ2v) is 4.60. The van der Waals surface area contributed by atoms with Crippen molar-refractivity contribution in [2.24, 2.45) is 5.92 Å². The Morgan fingerprint density at radius 1 is 1.29 bits per heavy atom. The van der Waals surface area contributed by atoms with Crippen LogP contribution in [-0.2, 0) is 0 Å². The van der Waals surface area contributed by atoms with E-state index in [1.165, 1.54) is 0 Å². The minimum atomic E-state index is 0.636. The molecule has 0 rings (SSSR count). The summed E-state index contributed by atoms with van der Waals surface area (Å²) in [6.45, 7) is 7.32. The van der Waals surface area contributed by atoms with E-state index in [1.807, 2.05) is 0 Å². The molecule has 0 aromatic rings. The zero-order valence-electron chi connectivity index (χ0n) is 9.76. The number of rotatable bonds is 6. The summed E-state index contributed by atoms with van der Waals surface area (Å²) in [5, 5.41) is 7.14. The molecule has 4 heteroatoms. The largest absolute Gasteiger partial charge is 0.363 e. The first-order valence-corrected chi connectivity index (χ1v) is 5.59. The first-order valence-electron chi connectivity index (χ1n) is 5.18. The standard InChI is InChI=1S/C10H23N3S/c1-9(2)8-12-10(14)11-6-5-7-13(3)4/h9H,5-8H2,1-4H3,(H2,11,12,14). The van der Waals surface area contributed by atoms with E-state index >= 15 is 0 Å². The van der Waals surface area contributed by atoms with E-state index in [1.54, 1.807) is 0 Å². The highest BCUT2D eigenvalue weighted by atomic mass is 32.1. The smallest absolute Gasteiger partial charge is 0.166 e. The van der Waals surface area contributed by atoms with E-state index in [0.29, 0.717) is 5.92 Å². The first-order chi connectivity index (χ1) is 6.52. The topological polar surface area (TPSA) is 27.3 Å². The van der Waals surface area contributed by atoms with Crippen molar-refractivity contribution in [2.45, 2.75) is 20.3 Å². The van der Waals surface area contributed by atoms with Crippen LogP contribution >= 0.6 is 12.2 Å². The van der Waals surface area contributed by atoms with Crippen molar-refractivity contribution < 1.29 is 0 Å². The molecule has 0 unspecified atom stereocenters. The number of thiocarbonyl (C=S) groups is 1. The molecule has 0 saturated heterocycles. The van der Waals surface area contributed by atoms with Gasteiger partial charge in [0.25, 0.3) is 0 Å². The second-order valence-electron chi connectivity index (χ2n) is 4.19. The van der Waals surface area contributed by atoms with Crippen LogP contribution in [0.3, 0.4) is 0 Å². The molecule has 0 atom stereocenters. The fourth-order valence-electron chi connectivity index (χ4n) is 0.957. The molecule has 0 heterocycles. The Morgan fingerprint density at radius 2 is 1.93 bits per heavy atom. The zero-order chi connectivity index (χ0) is 11.0. The molecule has 0 bridgehead atoms. The Balaban J connectivity index is 3.27. The predicted molar refractivity (Wildman–Crippen MR) is 66.6 cm³/mol. The molecule has 0 amide bonds. The summed E-state index contributed by atoms with van der Waals surface area (Å²) in [6.07, 6.45) is 1.12. The van der Waals surface area contributed by atoms with Gasteiger partial charge >= 0.3 is 0 Å². The highest BCUT2D eigenvalue weighted by Gasteiger charge is 1.97. The Morgan fingerprint density at radius 3 is 2.43 bits per heavy atom. The monoisotopic (exact) mass is 217 g/mol. The van der Waals surface area contributed by atoms with Gasteiger partial charge in [-0.2, -0.15) is 0 Å². The van der Waals surface area contributed by atoms with Crippen LogP contribution in [-0.4, -0.2) is 43.7 Å². The van der Waals surface area contributed by atoms with Gasteiger partial charge in [-0.25, -0.2) is 0 Å². The van der Waals surface area contributed by atoms with E-state index in [4.69, 9.17) is 12.2 Å². The average molecular weight is 217 g/mol. The van der Waals surface area contributed by atoms with Crippen LogP contribution in [0.15, 0.2) is 0 Å². The molecule has 0 aliphatic heterocycles. The first kappa shape index (κ1) is 13.7. The Kier molecular flexibility index (Phi) is 7.80. The third-order valence-electron chi connectivity index (χ3n) is 1.74. The van der Waals surface area contributed by atoms with Gasteiger partial charge in [0, 0.05) is 13.1 Å². The number of hydrogen-bond donors (Lipinski definition) is 2. The molecule has 0 aliphatic carbocycles. The second kappa shape index (κ2) is 8.00. The quantitative estimate of drug-likeness (QED) is 0.514. The molecule has 0 aromatic carbocycles. The highest BCUT2D eigenvalue weighted by Crippen LogP contribution is 1.87. The van der Waals surface area contributed by atoms with Crippen molar-refractivity contribution in [3.63, 3.8) is 0 Å². The summed E-state index contributed by atoms with van der Waals surface area (Å²) in [7, 11) is 4.16. The highest BCUT2D eigenvalue weighted by molar-refractivity contribution is 7.80. The Bertz CT molecular complexity index is 157. The molecule has 0 spiro atoms. The molecule has 3 nitrogen and oxygen atoms in total. The van der Waals surface area contributed by atoms with Gasteiger partial charge in [0.05, 0.1) is 0 Å². The molecule has 0 fully saturated rings. The molecule has 84 valence electrons. The Labute approximate surface area is 93.2 Å². The minimum Gasteiger partial charge on any atom is -0.363 e. The zero-order valence-corrected chi connectivity index (χ0v) is 10.6. The van der Waals surface area contributed by atoms with Crippen molar-refractivity contribution >= 4 is 17.3 Å². The molecule has 2 N–H and O–H groups in total. The van der Waals surface area contributed by atoms with Crippen molar-refractivity contribution in [2.75, 3.05) is 33.7 Å². The maximum absolute atomic E-state index is 5.12. The van der Waals surface area contributed by atoms with E-state index in [0.717, 1.165) is 31.2 Å². The Hall–Kier alpha value is -0.350. The predicted octanol–water partition coefficient (Wildman–Crippen LogP) is 1.06. The summed E-state index contributed by atoms with van der Waals surface area (Å²) in [6, 6.07) is 0. The molecular formula is C10H23N3S. The third-order valence-corrected chi connectivity index (χ3v) is 2.03. The number of hydrogen-bond acceptors (Lipinski definition) is 2. The minimum absolute atomic E-state index is 0.636. The normalized spacial score (nSPS) is 10.7. The van der Waals surface area contributed by atoms with Crippen LogP contribution in [0, 0.1) is 5.92 Å². The van der Waals surface area contributed by atoms with Gasteiger partial charge in [-0.15, -0.1) is 0 Å². The lowest BCUT2D eigenvalue weighted by Crippen LogP contribution is -2.38. The van der Waals surface area contributed by atoms with Crippen LogP contribution in [0.1, 0.15) is 20.3 Å². The van der Waals surface area contributed by atoms with Crippen LogP contribution in [0.4, 0.5) is 0 Å². The SMILES string of the molecule is CC(C)CNC(=S)NCCCN(C)C. The lowest BCUT2D eigenvalue weighted by atomic mass is 10.2. The van der Waals surface area contributed by atoms with Crippen molar-refractivity contribution in [3.8, 4) is 0 Å². The van der Waals surface area contributed by atoms with Crippen LogP contribution in [0.5, 0.6) is 0 Å². The van der Waals surface area contributed by atoms with Gasteiger partial charge < -0.3 is 15.5 Å². The van der Waals surface area contributed by atoms with Crippen molar-refractivity contribution in [1.82, 2.24) is 15.5 Å². The summed E-state index contributed by atoms with van der Waals surface area (Å²) < 4.78 is 0. The van der Waals surface area contributed by atoms with E-state index < -0.39 is 0 Å². The van der Waals surface area contributed by atoms with Gasteiger partial charge in [-0.3, -0.25) is 0 Å². The lowest BCUT2D eigenvalue weighted by Gasteiger charge is -2.13. The lowest BCUT2D eigenvalue weighted by molar-refractivity contribution is 0.400. The summed E-state index contributed by atoms with van der Waals surface area (Å²) in [4.78, 5) is 2.17. The van der Waals surface area contributed by atoms with Crippen molar-refractivity contribution in [3.05, 3.63) is 0 Å². The summed E-state index contributed by atoms with van der Waals surface area (Å²) in [5.41, 5.74) is 0. The van der Waals surface area contributed by atoms with E-state index in [9.17, 15) is 0 Å². The summed E-state index contributed by atoms with van der Waals surface area (Å²) in [5.74, 6) is 0.636. The maximum Gasteiger partial charge on any atom is 0.166 e. The van der Waals surface area contributed by atoms with Crippen LogP contribution in [0.25, 0.3) is 0 Å². The van der Waals surface area contributed by atoms with Crippen LogP contribution in [0.2, 0.25) is 0 Å². The average Bonchev–Trinajstić information content (AvgIpc) is 2.08. The maximum atomic E-state index is 5.12. The number of nitrogens with one attached hydrogen (secondary N) is 2. The third kappa shape index (κ3) is 9.74. The fraction of sp³-hybridized carbons (Fsp3) is 0.900. The van der Waals surface area contributed by atoms with Gasteiger partial charge in [0.15, 0.2) is 5.11 Å². The van der Waals surface area contributed by atoms with Gasteiger partial charge in [-0.05, 0) is 45.2 Å². The molecule has 0 radical (unpaired) electrons. The van der Waals surface area contributed by atoms with Gasteiger partial charge in [-0.1, -0.05) is 13.8 Å². The fourth-order valence-corrected chi connectivity index (χ4v) is 1.14. The van der Waals surface area contributed by atoms with Crippen molar-refractivity contribution in [1.29, 1.82) is 0 Å². The van der Waals surface area contributed by atoms with E-state index in [-0.39, 0.29) is 0 Å². The molecule has 14 heavy (non-hydrogen) atoms. The molecule has 0 aliphatic rings. The molecule has 0 saturated carbocycles. The number of nitrogens with zero attached hydrogens (tertiary/aromatic N) is 1. The van der Waals surface area contributed by atoms with Crippen LogP contribution < -0.4 is 10.6 Å².